The van der Waals surface area contributed by atoms with Gasteiger partial charge in [-0.15, -0.1) is 5.10 Å². The predicted molar refractivity (Wildman–Crippen MR) is 73.4 cm³/mol. The Kier molecular flexibility index (Phi) is 2.69. The maximum atomic E-state index is 11.3. The highest BCUT2D eigenvalue weighted by Gasteiger charge is 2.48. The molecule has 0 aliphatic heterocycles. The molecule has 4 bridgehead atoms. The van der Waals surface area contributed by atoms with Gasteiger partial charge >= 0.3 is 5.97 Å². The van der Waals surface area contributed by atoms with Crippen LogP contribution in [0.3, 0.4) is 0 Å². The SMILES string of the molecule is O=C(O)c1ccnnc1NC1C2CC3CC(C2)CC1C3. The number of carboxylic acids is 1. The lowest BCUT2D eigenvalue weighted by Crippen LogP contribution is -2.51. The van der Waals surface area contributed by atoms with Gasteiger partial charge in [0.2, 0.25) is 0 Å². The second-order valence-electron chi connectivity index (χ2n) is 6.70. The number of aromatic carboxylic acids is 1. The molecule has 0 amide bonds. The van der Waals surface area contributed by atoms with Gasteiger partial charge in [-0.2, -0.15) is 5.10 Å². The number of aromatic nitrogens is 2. The molecule has 4 saturated carbocycles. The standard InChI is InChI=1S/C15H19N3O2/c19-15(20)12-1-2-16-18-14(12)17-13-10-4-8-3-9(6-10)7-11(13)5-8/h1-2,8-11,13H,3-7H2,(H,17,18)(H,19,20). The van der Waals surface area contributed by atoms with Gasteiger partial charge in [0, 0.05) is 6.04 Å². The van der Waals surface area contributed by atoms with E-state index in [-0.39, 0.29) is 5.56 Å². The van der Waals surface area contributed by atoms with E-state index >= 15 is 0 Å². The third-order valence-corrected chi connectivity index (χ3v) is 5.48. The lowest BCUT2D eigenvalue weighted by molar-refractivity contribution is 0.00733. The van der Waals surface area contributed by atoms with Crippen molar-refractivity contribution < 1.29 is 9.90 Å². The van der Waals surface area contributed by atoms with Crippen molar-refractivity contribution in [2.75, 3.05) is 5.32 Å². The molecule has 0 aromatic carbocycles. The largest absolute Gasteiger partial charge is 0.478 e. The van der Waals surface area contributed by atoms with Crippen LogP contribution in [0.2, 0.25) is 0 Å². The zero-order valence-electron chi connectivity index (χ0n) is 11.3. The molecular weight excluding hydrogens is 254 g/mol. The average molecular weight is 273 g/mol. The Labute approximate surface area is 117 Å². The normalized spacial score (nSPS) is 37.9. The van der Waals surface area contributed by atoms with Crippen molar-refractivity contribution in [3.8, 4) is 0 Å². The molecule has 1 aromatic heterocycles. The van der Waals surface area contributed by atoms with E-state index in [1.807, 2.05) is 0 Å². The first-order valence-electron chi connectivity index (χ1n) is 7.52. The topological polar surface area (TPSA) is 75.1 Å². The minimum atomic E-state index is -0.939. The maximum absolute atomic E-state index is 11.3. The molecule has 4 aliphatic rings. The highest BCUT2D eigenvalue weighted by atomic mass is 16.4. The molecule has 0 unspecified atom stereocenters. The van der Waals surface area contributed by atoms with E-state index in [4.69, 9.17) is 0 Å². The minimum Gasteiger partial charge on any atom is -0.478 e. The van der Waals surface area contributed by atoms with Gasteiger partial charge in [0.1, 0.15) is 5.56 Å². The van der Waals surface area contributed by atoms with Crippen LogP contribution in [0.15, 0.2) is 12.3 Å². The Bertz CT molecular complexity index is 518. The van der Waals surface area contributed by atoms with Crippen molar-refractivity contribution in [3.63, 3.8) is 0 Å². The molecule has 4 fully saturated rings. The number of nitrogens with one attached hydrogen (secondary N) is 1. The summed E-state index contributed by atoms with van der Waals surface area (Å²) in [6, 6.07) is 1.91. The van der Waals surface area contributed by atoms with Crippen molar-refractivity contribution in [2.24, 2.45) is 23.7 Å². The summed E-state index contributed by atoms with van der Waals surface area (Å²) in [5, 5.41) is 20.5. The molecule has 0 spiro atoms. The van der Waals surface area contributed by atoms with Crippen LogP contribution < -0.4 is 5.32 Å². The molecule has 1 heterocycles. The number of hydrogen-bond donors (Lipinski definition) is 2. The fraction of sp³-hybridized carbons (Fsp3) is 0.667. The van der Waals surface area contributed by atoms with Crippen molar-refractivity contribution in [1.29, 1.82) is 0 Å². The van der Waals surface area contributed by atoms with E-state index in [0.717, 1.165) is 11.8 Å². The first-order valence-corrected chi connectivity index (χ1v) is 7.52. The highest BCUT2D eigenvalue weighted by molar-refractivity contribution is 5.92. The molecule has 2 N–H and O–H groups in total. The van der Waals surface area contributed by atoms with Crippen LogP contribution in [-0.2, 0) is 0 Å². The smallest absolute Gasteiger partial charge is 0.339 e. The summed E-state index contributed by atoms with van der Waals surface area (Å²) in [5.41, 5.74) is 0.230. The van der Waals surface area contributed by atoms with Crippen LogP contribution >= 0.6 is 0 Å². The molecule has 106 valence electrons. The monoisotopic (exact) mass is 273 g/mol. The van der Waals surface area contributed by atoms with Gasteiger partial charge in [-0.3, -0.25) is 0 Å². The van der Waals surface area contributed by atoms with Crippen molar-refractivity contribution in [2.45, 2.75) is 38.1 Å². The van der Waals surface area contributed by atoms with Crippen molar-refractivity contribution >= 4 is 11.8 Å². The van der Waals surface area contributed by atoms with Crippen molar-refractivity contribution in [1.82, 2.24) is 10.2 Å². The number of rotatable bonds is 3. The Hall–Kier alpha value is -1.65. The summed E-state index contributed by atoms with van der Waals surface area (Å²) in [6.07, 6.45) is 8.05. The Morgan fingerprint density at radius 2 is 1.80 bits per heavy atom. The predicted octanol–water partition coefficient (Wildman–Crippen LogP) is 2.41. The number of carboxylic acid groups (broad SMARTS) is 1. The lowest BCUT2D eigenvalue weighted by atomic mass is 9.54. The van der Waals surface area contributed by atoms with E-state index in [1.165, 1.54) is 44.4 Å². The molecule has 5 heteroatoms. The van der Waals surface area contributed by atoms with E-state index in [0.29, 0.717) is 23.7 Å². The first kappa shape index (κ1) is 12.1. The zero-order valence-corrected chi connectivity index (χ0v) is 11.3. The average Bonchev–Trinajstić information content (AvgIpc) is 2.42. The van der Waals surface area contributed by atoms with Crippen LogP contribution in [0.4, 0.5) is 5.82 Å². The van der Waals surface area contributed by atoms with Gasteiger partial charge in [0.25, 0.3) is 0 Å². The first-order chi connectivity index (χ1) is 9.70. The molecule has 5 rings (SSSR count). The Morgan fingerprint density at radius 3 is 2.40 bits per heavy atom. The third kappa shape index (κ3) is 1.87. The molecule has 0 atom stereocenters. The summed E-state index contributed by atoms with van der Waals surface area (Å²) in [5.74, 6) is 2.71. The number of anilines is 1. The number of carbonyl (C=O) groups is 1. The number of hydrogen-bond acceptors (Lipinski definition) is 4. The van der Waals surface area contributed by atoms with E-state index in [2.05, 4.69) is 15.5 Å². The van der Waals surface area contributed by atoms with Gasteiger partial charge in [-0.1, -0.05) is 0 Å². The van der Waals surface area contributed by atoms with E-state index < -0.39 is 5.97 Å². The zero-order chi connectivity index (χ0) is 13.7. The van der Waals surface area contributed by atoms with Crippen LogP contribution in [0.1, 0.15) is 42.5 Å². The van der Waals surface area contributed by atoms with E-state index in [9.17, 15) is 9.90 Å². The molecule has 20 heavy (non-hydrogen) atoms. The summed E-state index contributed by atoms with van der Waals surface area (Å²) in [4.78, 5) is 11.3. The lowest BCUT2D eigenvalue weighted by Gasteiger charge is -2.54. The Morgan fingerprint density at radius 1 is 1.15 bits per heavy atom. The van der Waals surface area contributed by atoms with Gasteiger partial charge in [-0.25, -0.2) is 4.79 Å². The van der Waals surface area contributed by atoms with Crippen molar-refractivity contribution in [3.05, 3.63) is 17.8 Å². The summed E-state index contributed by atoms with van der Waals surface area (Å²) < 4.78 is 0. The molecule has 4 aliphatic carbocycles. The molecular formula is C15H19N3O2. The molecule has 0 saturated heterocycles. The quantitative estimate of drug-likeness (QED) is 0.884. The van der Waals surface area contributed by atoms with Crippen LogP contribution in [0.5, 0.6) is 0 Å². The molecule has 1 aromatic rings. The molecule has 5 nitrogen and oxygen atoms in total. The maximum Gasteiger partial charge on any atom is 0.339 e. The van der Waals surface area contributed by atoms with Gasteiger partial charge in [0.15, 0.2) is 5.82 Å². The minimum absolute atomic E-state index is 0.230. The van der Waals surface area contributed by atoms with Gasteiger partial charge in [-0.05, 0) is 61.8 Å². The van der Waals surface area contributed by atoms with Crippen LogP contribution in [0.25, 0.3) is 0 Å². The fourth-order valence-electron chi connectivity index (χ4n) is 4.93. The summed E-state index contributed by atoms with van der Waals surface area (Å²) in [7, 11) is 0. The van der Waals surface area contributed by atoms with Gasteiger partial charge < -0.3 is 10.4 Å². The summed E-state index contributed by atoms with van der Waals surface area (Å²) in [6.45, 7) is 0. The summed E-state index contributed by atoms with van der Waals surface area (Å²) >= 11 is 0. The third-order valence-electron chi connectivity index (χ3n) is 5.48. The second-order valence-corrected chi connectivity index (χ2v) is 6.70. The Balaban J connectivity index is 1.59. The number of nitrogens with zero attached hydrogens (tertiary/aromatic N) is 2. The van der Waals surface area contributed by atoms with Crippen LogP contribution in [0, 0.1) is 23.7 Å². The van der Waals surface area contributed by atoms with Crippen LogP contribution in [-0.4, -0.2) is 27.3 Å². The van der Waals surface area contributed by atoms with Gasteiger partial charge in [0.05, 0.1) is 6.20 Å². The highest BCUT2D eigenvalue weighted by Crippen LogP contribution is 2.54. The van der Waals surface area contributed by atoms with E-state index in [1.54, 1.807) is 0 Å². The molecule has 0 radical (unpaired) electrons. The fourth-order valence-corrected chi connectivity index (χ4v) is 4.93. The second kappa shape index (κ2) is 4.43.